The van der Waals surface area contributed by atoms with Crippen LogP contribution in [0.15, 0.2) is 12.1 Å². The van der Waals surface area contributed by atoms with Crippen LogP contribution in [-0.4, -0.2) is 19.3 Å². The van der Waals surface area contributed by atoms with Gasteiger partial charge < -0.3 is 14.8 Å². The van der Waals surface area contributed by atoms with E-state index in [2.05, 4.69) is 32.2 Å². The van der Waals surface area contributed by atoms with E-state index in [4.69, 9.17) is 9.47 Å². The third-order valence-electron chi connectivity index (χ3n) is 3.64. The van der Waals surface area contributed by atoms with E-state index in [1.807, 2.05) is 6.07 Å². The fourth-order valence-electron chi connectivity index (χ4n) is 2.32. The normalized spacial score (nSPS) is 14.0. The van der Waals surface area contributed by atoms with Crippen molar-refractivity contribution < 1.29 is 9.47 Å². The topological polar surface area (TPSA) is 30.5 Å². The summed E-state index contributed by atoms with van der Waals surface area (Å²) in [6.07, 6.45) is 2.33. The third kappa shape index (κ3) is 2.78. The zero-order valence-corrected chi connectivity index (χ0v) is 11.6. The lowest BCUT2D eigenvalue weighted by Crippen LogP contribution is -2.27. The lowest BCUT2D eigenvalue weighted by Gasteiger charge is -2.22. The first-order valence-electron chi connectivity index (χ1n) is 6.87. The maximum atomic E-state index is 5.70. The van der Waals surface area contributed by atoms with Crippen LogP contribution in [-0.2, 0) is 6.54 Å². The van der Waals surface area contributed by atoms with Crippen LogP contribution in [0.5, 0.6) is 11.5 Å². The average molecular weight is 249 g/mol. The Labute approximate surface area is 109 Å². The molecule has 0 spiro atoms. The molecule has 3 heteroatoms. The Balaban J connectivity index is 2.09. The minimum Gasteiger partial charge on any atom is -0.486 e. The summed E-state index contributed by atoms with van der Waals surface area (Å²) in [6.45, 7) is 8.75. The molecule has 1 heterocycles. The maximum absolute atomic E-state index is 5.70. The van der Waals surface area contributed by atoms with Crippen LogP contribution in [0.1, 0.15) is 37.8 Å². The molecule has 0 fully saturated rings. The summed E-state index contributed by atoms with van der Waals surface area (Å²) in [5, 5.41) is 3.59. The zero-order chi connectivity index (χ0) is 13.0. The fraction of sp³-hybridized carbons (Fsp3) is 0.600. The van der Waals surface area contributed by atoms with Crippen molar-refractivity contribution in [3.63, 3.8) is 0 Å². The summed E-state index contributed by atoms with van der Waals surface area (Å²) >= 11 is 0. The first-order chi connectivity index (χ1) is 8.76. The minimum absolute atomic E-state index is 0.595. The standard InChI is InChI=1S/C15H23NO2/c1-4-13(5-2)16-10-12-6-7-14-15(11(12)3)18-9-8-17-14/h6-7,13,16H,4-5,8-10H2,1-3H3. The quantitative estimate of drug-likeness (QED) is 0.870. The second-order valence-corrected chi connectivity index (χ2v) is 4.77. The minimum atomic E-state index is 0.595. The van der Waals surface area contributed by atoms with Gasteiger partial charge in [-0.3, -0.25) is 0 Å². The Hall–Kier alpha value is -1.22. The van der Waals surface area contributed by atoms with Crippen LogP contribution in [0.3, 0.4) is 0 Å². The number of rotatable bonds is 5. The van der Waals surface area contributed by atoms with Crippen molar-refractivity contribution in [2.45, 2.75) is 46.2 Å². The monoisotopic (exact) mass is 249 g/mol. The van der Waals surface area contributed by atoms with Crippen LogP contribution in [0, 0.1) is 6.92 Å². The number of benzene rings is 1. The van der Waals surface area contributed by atoms with Gasteiger partial charge in [0.05, 0.1) is 0 Å². The van der Waals surface area contributed by atoms with Crippen LogP contribution >= 0.6 is 0 Å². The molecule has 0 aliphatic carbocycles. The molecule has 3 nitrogen and oxygen atoms in total. The lowest BCUT2D eigenvalue weighted by molar-refractivity contribution is 0.170. The summed E-state index contributed by atoms with van der Waals surface area (Å²) in [5.41, 5.74) is 2.50. The molecule has 1 aliphatic rings. The van der Waals surface area contributed by atoms with Gasteiger partial charge in [0.2, 0.25) is 0 Å². The molecular formula is C15H23NO2. The molecule has 18 heavy (non-hydrogen) atoms. The van der Waals surface area contributed by atoms with Crippen molar-refractivity contribution in [2.24, 2.45) is 0 Å². The molecule has 100 valence electrons. The highest BCUT2D eigenvalue weighted by Gasteiger charge is 2.16. The van der Waals surface area contributed by atoms with E-state index in [1.165, 1.54) is 24.0 Å². The molecule has 0 atom stereocenters. The van der Waals surface area contributed by atoms with E-state index in [-0.39, 0.29) is 0 Å². The lowest BCUT2D eigenvalue weighted by atomic mass is 10.1. The van der Waals surface area contributed by atoms with E-state index in [9.17, 15) is 0 Å². The number of hydrogen-bond acceptors (Lipinski definition) is 3. The third-order valence-corrected chi connectivity index (χ3v) is 3.64. The van der Waals surface area contributed by atoms with Gasteiger partial charge in [-0.25, -0.2) is 0 Å². The molecule has 0 radical (unpaired) electrons. The number of fused-ring (bicyclic) bond motifs is 1. The van der Waals surface area contributed by atoms with Crippen molar-refractivity contribution in [1.82, 2.24) is 5.32 Å². The van der Waals surface area contributed by atoms with Crippen molar-refractivity contribution in [1.29, 1.82) is 0 Å². The van der Waals surface area contributed by atoms with Gasteiger partial charge in [-0.15, -0.1) is 0 Å². The highest BCUT2D eigenvalue weighted by Crippen LogP contribution is 2.35. The van der Waals surface area contributed by atoms with Crippen molar-refractivity contribution in [3.8, 4) is 11.5 Å². The SMILES string of the molecule is CCC(CC)NCc1ccc2c(c1C)OCCO2. The van der Waals surface area contributed by atoms with Crippen molar-refractivity contribution in [3.05, 3.63) is 23.3 Å². The van der Waals surface area contributed by atoms with Crippen molar-refractivity contribution >= 4 is 0 Å². The van der Waals surface area contributed by atoms with Gasteiger partial charge in [-0.2, -0.15) is 0 Å². The van der Waals surface area contributed by atoms with Crippen LogP contribution in [0.2, 0.25) is 0 Å². The van der Waals surface area contributed by atoms with Gasteiger partial charge in [0.1, 0.15) is 13.2 Å². The summed E-state index contributed by atoms with van der Waals surface area (Å²) in [5.74, 6) is 1.80. The molecule has 1 aliphatic heterocycles. The molecule has 2 rings (SSSR count). The Morgan fingerprint density at radius 1 is 1.17 bits per heavy atom. The largest absolute Gasteiger partial charge is 0.486 e. The molecule has 0 saturated heterocycles. The number of nitrogens with one attached hydrogen (secondary N) is 1. The predicted octanol–water partition coefficient (Wildman–Crippen LogP) is 3.04. The van der Waals surface area contributed by atoms with Gasteiger partial charge >= 0.3 is 0 Å². The Morgan fingerprint density at radius 2 is 1.89 bits per heavy atom. The number of ether oxygens (including phenoxy) is 2. The Bertz CT molecular complexity index is 400. The summed E-state index contributed by atoms with van der Waals surface area (Å²) in [7, 11) is 0. The smallest absolute Gasteiger partial charge is 0.164 e. The van der Waals surface area contributed by atoms with E-state index in [1.54, 1.807) is 0 Å². The average Bonchev–Trinajstić information content (AvgIpc) is 2.42. The van der Waals surface area contributed by atoms with E-state index in [0.29, 0.717) is 19.3 Å². The summed E-state index contributed by atoms with van der Waals surface area (Å²) < 4.78 is 11.3. The fourth-order valence-corrected chi connectivity index (χ4v) is 2.32. The maximum Gasteiger partial charge on any atom is 0.164 e. The van der Waals surface area contributed by atoms with Crippen LogP contribution in [0.25, 0.3) is 0 Å². The molecule has 0 amide bonds. The second-order valence-electron chi connectivity index (χ2n) is 4.77. The molecule has 1 aromatic rings. The van der Waals surface area contributed by atoms with Gasteiger partial charge in [0, 0.05) is 12.6 Å². The zero-order valence-electron chi connectivity index (χ0n) is 11.6. The van der Waals surface area contributed by atoms with E-state index in [0.717, 1.165) is 18.0 Å². The van der Waals surface area contributed by atoms with E-state index < -0.39 is 0 Å². The molecule has 0 saturated carbocycles. The molecule has 0 aromatic heterocycles. The molecule has 0 unspecified atom stereocenters. The molecular weight excluding hydrogens is 226 g/mol. The Kier molecular flexibility index (Phi) is 4.48. The number of hydrogen-bond donors (Lipinski definition) is 1. The Morgan fingerprint density at radius 3 is 2.61 bits per heavy atom. The highest BCUT2D eigenvalue weighted by molar-refractivity contribution is 5.50. The first kappa shape index (κ1) is 13.2. The highest BCUT2D eigenvalue weighted by atomic mass is 16.6. The van der Waals surface area contributed by atoms with Gasteiger partial charge in [-0.1, -0.05) is 19.9 Å². The first-order valence-corrected chi connectivity index (χ1v) is 6.87. The molecule has 1 aromatic carbocycles. The molecule has 1 N–H and O–H groups in total. The van der Waals surface area contributed by atoms with Crippen LogP contribution < -0.4 is 14.8 Å². The van der Waals surface area contributed by atoms with Crippen LogP contribution in [0.4, 0.5) is 0 Å². The van der Waals surface area contributed by atoms with E-state index >= 15 is 0 Å². The second kappa shape index (κ2) is 6.10. The van der Waals surface area contributed by atoms with Gasteiger partial charge in [0.25, 0.3) is 0 Å². The van der Waals surface area contributed by atoms with Crippen molar-refractivity contribution in [2.75, 3.05) is 13.2 Å². The summed E-state index contributed by atoms with van der Waals surface area (Å²) in [4.78, 5) is 0. The summed E-state index contributed by atoms with van der Waals surface area (Å²) in [6, 6.07) is 4.75. The molecule has 0 bridgehead atoms. The van der Waals surface area contributed by atoms with Gasteiger partial charge in [0.15, 0.2) is 11.5 Å². The predicted molar refractivity (Wildman–Crippen MR) is 73.4 cm³/mol. The van der Waals surface area contributed by atoms with Gasteiger partial charge in [-0.05, 0) is 37.0 Å².